The molecule has 6 amide bonds. The van der Waals surface area contributed by atoms with Crippen molar-refractivity contribution >= 4 is 115 Å². The average molecular weight is 1250 g/mol. The number of aliphatic hydroxyl groups excluding tert-OH is 1. The minimum atomic E-state index is -1.29. The molecule has 430 valence electrons. The van der Waals surface area contributed by atoms with E-state index in [9.17, 15) is 43.8 Å². The van der Waals surface area contributed by atoms with E-state index in [0.717, 1.165) is 40.1 Å². The number of nitrogens with one attached hydrogen (secondary N) is 6. The minimum absolute atomic E-state index is 0.00568. The Morgan fingerprint density at radius 1 is 0.738 bits per heavy atom. The molecule has 8 N–H and O–H groups in total. The van der Waals surface area contributed by atoms with Gasteiger partial charge in [-0.3, -0.25) is 28.8 Å². The second-order valence-electron chi connectivity index (χ2n) is 18.9. The molecule has 10 bridgehead atoms. The Morgan fingerprint density at radius 2 is 1.51 bits per heavy atom. The Kier molecular flexibility index (Phi) is 17.9. The molecule has 0 unspecified atom stereocenters. The molecule has 1 aliphatic rings. The first-order valence-corrected chi connectivity index (χ1v) is 30.5. The van der Waals surface area contributed by atoms with Crippen LogP contribution in [0.3, 0.4) is 0 Å². The summed E-state index contributed by atoms with van der Waals surface area (Å²) in [6.45, 7) is 4.92. The number of anilines is 1. The van der Waals surface area contributed by atoms with Crippen LogP contribution in [0.2, 0.25) is 0 Å². The lowest BCUT2D eigenvalue weighted by atomic mass is 10.0. The third-order valence-electron chi connectivity index (χ3n) is 12.7. The van der Waals surface area contributed by atoms with Crippen LogP contribution in [-0.4, -0.2) is 112 Å². The molecule has 0 fully saturated rings. The van der Waals surface area contributed by atoms with Crippen LogP contribution in [0.1, 0.15) is 127 Å². The van der Waals surface area contributed by atoms with Crippen LogP contribution in [0.15, 0.2) is 83.1 Å². The van der Waals surface area contributed by atoms with Crippen LogP contribution in [0.25, 0.3) is 42.5 Å². The zero-order chi connectivity index (χ0) is 59.3. The summed E-state index contributed by atoms with van der Waals surface area (Å²) in [4.78, 5) is 133. The number of amides is 6. The number of methoxy groups -OCH3 is 1. The number of carboxylic acids is 1. The number of benzene rings is 1. The highest BCUT2D eigenvalue weighted by molar-refractivity contribution is 7.19. The topological polar surface area (TPSA) is 344 Å². The number of fused-ring (bicyclic) bond motifs is 14. The molecule has 84 heavy (non-hydrogen) atoms. The maximum Gasteiger partial charge on any atom is 0.354 e. The first kappa shape index (κ1) is 58.7. The van der Waals surface area contributed by atoms with Crippen LogP contribution < -0.4 is 31.9 Å². The van der Waals surface area contributed by atoms with Crippen LogP contribution >= 0.6 is 68.0 Å². The molecule has 9 heterocycles. The van der Waals surface area contributed by atoms with Gasteiger partial charge in [-0.15, -0.1) is 68.0 Å². The molecule has 9 aromatic rings. The van der Waals surface area contributed by atoms with Gasteiger partial charge in [0.2, 0.25) is 11.8 Å². The van der Waals surface area contributed by atoms with Gasteiger partial charge in [-0.25, -0.2) is 44.7 Å². The highest BCUT2D eigenvalue weighted by Crippen LogP contribution is 2.41. The number of hydrogen-bond acceptors (Lipinski definition) is 23. The molecular formula is C54H48N14O10S6. The Labute approximate surface area is 501 Å². The third kappa shape index (κ3) is 13.0. The zero-order valence-corrected chi connectivity index (χ0v) is 49.7. The Hall–Kier alpha value is -8.49. The summed E-state index contributed by atoms with van der Waals surface area (Å²) in [5, 5.41) is 45.2. The Bertz CT molecular complexity index is 3980. The molecular weight excluding hydrogens is 1200 g/mol. The smallest absolute Gasteiger partial charge is 0.354 e. The molecule has 8 aromatic heterocycles. The molecule has 0 radical (unpaired) electrons. The number of carbonyl (C=O) groups is 7. The predicted octanol–water partition coefficient (Wildman–Crippen LogP) is 7.66. The first-order valence-electron chi connectivity index (χ1n) is 25.4. The van der Waals surface area contributed by atoms with Gasteiger partial charge in [0, 0.05) is 58.7 Å². The van der Waals surface area contributed by atoms with E-state index in [1.54, 1.807) is 71.7 Å². The van der Waals surface area contributed by atoms with Crippen molar-refractivity contribution in [3.05, 3.63) is 142 Å². The fraction of sp³-hybridized carbons (Fsp3) is 0.241. The zero-order valence-electron chi connectivity index (χ0n) is 44.8. The number of ether oxygens (including phenoxy) is 1. The molecule has 0 aliphatic carbocycles. The lowest BCUT2D eigenvalue weighted by Crippen LogP contribution is -2.40. The Balaban J connectivity index is 1.04. The van der Waals surface area contributed by atoms with Crippen molar-refractivity contribution in [3.63, 3.8) is 0 Å². The van der Waals surface area contributed by atoms with Gasteiger partial charge in [-0.2, -0.15) is 0 Å². The molecule has 4 atom stereocenters. The first-order chi connectivity index (χ1) is 40.4. The summed E-state index contributed by atoms with van der Waals surface area (Å²) < 4.78 is 5.44. The summed E-state index contributed by atoms with van der Waals surface area (Å²) in [7, 11) is 2.93. The molecule has 0 spiro atoms. The summed E-state index contributed by atoms with van der Waals surface area (Å²) in [6.07, 6.45) is 1.30. The summed E-state index contributed by atoms with van der Waals surface area (Å²) >= 11 is 7.04. The number of pyridine rings is 2. The van der Waals surface area contributed by atoms with Crippen molar-refractivity contribution in [2.75, 3.05) is 26.0 Å². The van der Waals surface area contributed by atoms with Crippen LogP contribution in [0, 0.1) is 12.8 Å². The van der Waals surface area contributed by atoms with E-state index in [2.05, 4.69) is 51.8 Å². The van der Waals surface area contributed by atoms with E-state index in [-0.39, 0.29) is 58.1 Å². The second-order valence-corrected chi connectivity index (χ2v) is 24.8. The highest BCUT2D eigenvalue weighted by Gasteiger charge is 2.33. The van der Waals surface area contributed by atoms with E-state index in [4.69, 9.17) is 24.7 Å². The van der Waals surface area contributed by atoms with Crippen molar-refractivity contribution in [3.8, 4) is 42.5 Å². The molecule has 1 aliphatic heterocycles. The normalized spacial score (nSPS) is 16.2. The molecule has 24 nitrogen and oxygen atoms in total. The van der Waals surface area contributed by atoms with Gasteiger partial charge in [0.1, 0.15) is 76.5 Å². The lowest BCUT2D eigenvalue weighted by Gasteiger charge is -2.23. The number of carbonyl (C=O) groups excluding carboxylic acids is 6. The second kappa shape index (κ2) is 25.6. The largest absolute Gasteiger partial charge is 0.477 e. The van der Waals surface area contributed by atoms with Crippen LogP contribution in [0.4, 0.5) is 5.82 Å². The minimum Gasteiger partial charge on any atom is -0.477 e. The van der Waals surface area contributed by atoms with E-state index in [1.165, 1.54) is 60.4 Å². The number of carboxylic acid groups (broad SMARTS) is 1. The maximum atomic E-state index is 14.3. The molecule has 0 saturated carbocycles. The third-order valence-corrected chi connectivity index (χ3v) is 18.6. The number of aromatic nitrogens is 8. The number of rotatable bonds is 11. The standard InChI is InChI=1S/C54H48N14O10S6/c1-23(2)38-53-68-41(34(84-53)19-78-5)46(74)57-18-37(70)65-42(43(71)25-9-7-6-8-10-25)52-62-32(21-80-52)49-58-17-33(83-49)40-27(11-12-28(59-40)50-64-35(22-81-50)63-44(72)26-13-14-56-30(15-26)54(76)77)48-61-31(20-79-48)45(73)60-29(16-36(69)55-4)51-67-39(24(3)82-51)47(75)66-38/h6-15,17,20-23,29,38,42-43,71H,16,18-19H2,1-5H3,(H,55,69)(H,57,74)(H,60,73)(H,63,72)(H,65,70)(H,66,75)(H,76,77)/t29-,38-,42-,43-/m0/s1. The molecule has 10 rings (SSSR count). The summed E-state index contributed by atoms with van der Waals surface area (Å²) in [5.74, 6) is -4.93. The van der Waals surface area contributed by atoms with Gasteiger partial charge >= 0.3 is 5.97 Å². The van der Waals surface area contributed by atoms with E-state index in [1.807, 2.05) is 13.8 Å². The van der Waals surface area contributed by atoms with Crippen molar-refractivity contribution < 1.29 is 48.5 Å². The fourth-order valence-corrected chi connectivity index (χ4v) is 14.1. The highest BCUT2D eigenvalue weighted by atomic mass is 32.1. The molecule has 0 saturated heterocycles. The number of aromatic carboxylic acids is 1. The lowest BCUT2D eigenvalue weighted by molar-refractivity contribution is -0.122. The van der Waals surface area contributed by atoms with Gasteiger partial charge in [0.25, 0.3) is 23.6 Å². The van der Waals surface area contributed by atoms with E-state index in [0.29, 0.717) is 67.9 Å². The van der Waals surface area contributed by atoms with Crippen molar-refractivity contribution in [2.24, 2.45) is 5.92 Å². The monoisotopic (exact) mass is 1240 g/mol. The number of aryl methyl sites for hydroxylation is 1. The van der Waals surface area contributed by atoms with Crippen LogP contribution in [-0.2, 0) is 20.9 Å². The molecule has 30 heteroatoms. The number of aliphatic hydroxyl groups is 1. The SMILES string of the molecule is CNC(=O)C[C@@H]1NC(=O)c2csc(n2)-c2ccc(-c3nc(NC(=O)c4ccnc(C(=O)O)c4)cs3)nc2-c2cnc(s2)-c2csc(n2)[C@H]([C@@H](O)c2ccccc2)NC(=O)CNC(=O)c2nc(sc2COC)[C@H](C(C)C)NC(=O)c2nc1sc2C. The van der Waals surface area contributed by atoms with Crippen molar-refractivity contribution in [2.45, 2.75) is 58.0 Å². The van der Waals surface area contributed by atoms with Gasteiger partial charge in [0.05, 0.1) is 52.8 Å². The van der Waals surface area contributed by atoms with Gasteiger partial charge in [-0.1, -0.05) is 44.2 Å². The number of thiazole rings is 6. The van der Waals surface area contributed by atoms with Crippen molar-refractivity contribution in [1.82, 2.24) is 66.5 Å². The average Bonchev–Trinajstić information content (AvgIpc) is 4.33. The quantitative estimate of drug-likeness (QED) is 0.0616. The van der Waals surface area contributed by atoms with Gasteiger partial charge in [0.15, 0.2) is 0 Å². The molecule has 1 aromatic carbocycles. The number of hydrogen-bond donors (Lipinski definition) is 8. The van der Waals surface area contributed by atoms with Crippen molar-refractivity contribution in [1.29, 1.82) is 0 Å². The summed E-state index contributed by atoms with van der Waals surface area (Å²) in [5.41, 5.74) is 1.96. The van der Waals surface area contributed by atoms with Gasteiger partial charge < -0.3 is 46.9 Å². The maximum absolute atomic E-state index is 14.3. The van der Waals surface area contributed by atoms with Crippen LogP contribution in [0.5, 0.6) is 0 Å². The number of nitrogens with zero attached hydrogens (tertiary/aromatic N) is 8. The Morgan fingerprint density at radius 3 is 2.27 bits per heavy atom. The predicted molar refractivity (Wildman–Crippen MR) is 316 cm³/mol. The fourth-order valence-electron chi connectivity index (χ4n) is 8.51. The summed E-state index contributed by atoms with van der Waals surface area (Å²) in [6, 6.07) is 11.9. The van der Waals surface area contributed by atoms with E-state index < -0.39 is 72.2 Å². The van der Waals surface area contributed by atoms with Gasteiger partial charge in [-0.05, 0) is 42.7 Å². The van der Waals surface area contributed by atoms with E-state index >= 15 is 0 Å².